The fourth-order valence-electron chi connectivity index (χ4n) is 3.86. The number of guanidine groups is 1. The second-order valence-corrected chi connectivity index (χ2v) is 10.7. The van der Waals surface area contributed by atoms with Crippen molar-refractivity contribution in [2.24, 2.45) is 10.1 Å². The molecule has 0 saturated heterocycles. The Labute approximate surface area is 227 Å². The van der Waals surface area contributed by atoms with Crippen molar-refractivity contribution in [2.75, 3.05) is 18.4 Å². The first-order valence-corrected chi connectivity index (χ1v) is 14.1. The number of hydrogen-bond donors (Lipinski definition) is 3. The number of halogens is 1. The van der Waals surface area contributed by atoms with Crippen LogP contribution in [0.25, 0.3) is 33.4 Å². The summed E-state index contributed by atoms with van der Waals surface area (Å²) in [5, 5.41) is 16.1. The number of nitrogens with one attached hydrogen (secondary N) is 2. The van der Waals surface area contributed by atoms with E-state index in [2.05, 4.69) is 29.5 Å². The van der Waals surface area contributed by atoms with E-state index in [1.165, 1.54) is 23.9 Å². The van der Waals surface area contributed by atoms with Crippen LogP contribution in [0.2, 0.25) is 5.02 Å². The van der Waals surface area contributed by atoms with Crippen molar-refractivity contribution in [2.45, 2.75) is 11.8 Å². The first kappa shape index (κ1) is 25.8. The molecule has 13 heteroatoms. The predicted molar refractivity (Wildman–Crippen MR) is 150 cm³/mol. The Morgan fingerprint density at radius 3 is 2.47 bits per heavy atom. The van der Waals surface area contributed by atoms with E-state index in [4.69, 9.17) is 21.3 Å². The fraction of sp³-hybridized carbons (Fsp3) is 0.120. The van der Waals surface area contributed by atoms with Gasteiger partial charge in [0, 0.05) is 12.1 Å². The Kier molecular flexibility index (Phi) is 7.38. The number of hydrogen-bond acceptors (Lipinski definition) is 10. The van der Waals surface area contributed by atoms with E-state index in [1.54, 1.807) is 12.1 Å². The molecule has 2 aromatic heterocycles. The average Bonchev–Trinajstić information content (AvgIpc) is 3.68. The number of rotatable bonds is 4. The number of primary sulfonamides is 1. The lowest BCUT2D eigenvalue weighted by atomic mass is 10.00. The molecular formula is C25H22ClN7O3S2. The van der Waals surface area contributed by atoms with E-state index >= 15 is 0 Å². The lowest BCUT2D eigenvalue weighted by Crippen LogP contribution is -2.26. The summed E-state index contributed by atoms with van der Waals surface area (Å²) in [5.41, 5.74) is 5.72. The third-order valence-corrected chi connectivity index (χ3v) is 7.46. The molecule has 38 heavy (non-hydrogen) atoms. The Balaban J connectivity index is 0.000000162. The van der Waals surface area contributed by atoms with Gasteiger partial charge in [0.15, 0.2) is 5.96 Å². The molecule has 0 saturated carbocycles. The molecule has 0 radical (unpaired) electrons. The molecule has 1 aliphatic rings. The smallest absolute Gasteiger partial charge is 0.238 e. The lowest BCUT2D eigenvalue weighted by molar-refractivity contribution is 0.400. The van der Waals surface area contributed by atoms with Gasteiger partial charge in [-0.15, -0.1) is 0 Å². The molecule has 0 bridgehead atoms. The highest BCUT2D eigenvalue weighted by atomic mass is 35.5. The summed E-state index contributed by atoms with van der Waals surface area (Å²) in [6.45, 7) is 3.46. The molecular weight excluding hydrogens is 546 g/mol. The molecule has 1 aliphatic heterocycles. The van der Waals surface area contributed by atoms with E-state index in [0.29, 0.717) is 10.8 Å². The zero-order valence-corrected chi connectivity index (χ0v) is 22.4. The summed E-state index contributed by atoms with van der Waals surface area (Å²) in [5.74, 6) is 1.41. The third kappa shape index (κ3) is 5.53. The van der Waals surface area contributed by atoms with Crippen molar-refractivity contribution in [1.82, 2.24) is 19.2 Å². The summed E-state index contributed by atoms with van der Waals surface area (Å²) in [7, 11) is -3.70. The van der Waals surface area contributed by atoms with E-state index in [-0.39, 0.29) is 4.90 Å². The molecule has 6 rings (SSSR count). The van der Waals surface area contributed by atoms with Crippen LogP contribution >= 0.6 is 23.3 Å². The van der Waals surface area contributed by atoms with Gasteiger partial charge in [0.25, 0.3) is 0 Å². The molecule has 0 aliphatic carbocycles. The molecule has 0 spiro atoms. The van der Waals surface area contributed by atoms with Gasteiger partial charge in [-0.3, -0.25) is 4.99 Å². The van der Waals surface area contributed by atoms with Crippen LogP contribution in [0.4, 0.5) is 5.69 Å². The number of aryl methyl sites for hydroxylation is 1. The number of fused-ring (bicyclic) bond motifs is 1. The second-order valence-electron chi connectivity index (χ2n) is 8.23. The van der Waals surface area contributed by atoms with Crippen molar-refractivity contribution in [3.05, 3.63) is 77.5 Å². The minimum absolute atomic E-state index is 0.0756. The molecule has 3 aromatic carbocycles. The highest BCUT2D eigenvalue weighted by molar-refractivity contribution is 7.89. The fourth-order valence-corrected chi connectivity index (χ4v) is 5.12. The maximum Gasteiger partial charge on any atom is 0.238 e. The van der Waals surface area contributed by atoms with Crippen LogP contribution in [0.15, 0.2) is 81.1 Å². The summed E-state index contributed by atoms with van der Waals surface area (Å²) in [6.07, 6.45) is 0. The van der Waals surface area contributed by atoms with Gasteiger partial charge in [0.05, 0.1) is 39.4 Å². The third-order valence-electron chi connectivity index (χ3n) is 5.68. The van der Waals surface area contributed by atoms with Gasteiger partial charge in [0.1, 0.15) is 22.5 Å². The maximum absolute atomic E-state index is 11.3. The van der Waals surface area contributed by atoms with Crippen molar-refractivity contribution in [3.8, 4) is 22.4 Å². The number of nitrogens with zero attached hydrogens (tertiary/aromatic N) is 4. The van der Waals surface area contributed by atoms with E-state index in [9.17, 15) is 8.42 Å². The number of aliphatic imine (C=N–C) groups is 1. The van der Waals surface area contributed by atoms with Gasteiger partial charge in [-0.25, -0.2) is 13.6 Å². The van der Waals surface area contributed by atoms with Gasteiger partial charge in [-0.1, -0.05) is 59.2 Å². The number of benzene rings is 3. The average molecular weight is 568 g/mol. The molecule has 5 aromatic rings. The van der Waals surface area contributed by atoms with Gasteiger partial charge >= 0.3 is 0 Å². The Morgan fingerprint density at radius 1 is 1.03 bits per heavy atom. The van der Waals surface area contributed by atoms with E-state index < -0.39 is 10.0 Å². The first-order valence-electron chi connectivity index (χ1n) is 11.4. The monoisotopic (exact) mass is 567 g/mol. The topological polar surface area (TPSA) is 148 Å². The Hall–Kier alpha value is -3.84. The SMILES string of the molecule is Cc1onc(-c2ccccc2)c1-c1ccc(S(N)(=O)=O)cc1.Clc1ccc2nsnc2c1NC1=NCCN1. The van der Waals surface area contributed by atoms with Crippen LogP contribution in [0.3, 0.4) is 0 Å². The predicted octanol–water partition coefficient (Wildman–Crippen LogP) is 4.68. The molecule has 0 amide bonds. The number of sulfonamides is 1. The standard InChI is InChI=1S/C16H14N2O3S.C9H8ClN5S/c1-11-15(12-7-9-14(10-8-12)22(17,19)20)16(18-21-11)13-5-3-2-4-6-13;10-5-1-2-6-8(15-16-14-6)7(5)13-9-11-3-4-12-9/h2-10H,1H3,(H2,17,19,20);1-2H,3-4H2,(H2,11,12,13). The van der Waals surface area contributed by atoms with Crippen LogP contribution < -0.4 is 15.8 Å². The summed E-state index contributed by atoms with van der Waals surface area (Å²) in [6, 6.07) is 19.7. The van der Waals surface area contributed by atoms with Crippen LogP contribution in [0.1, 0.15) is 5.76 Å². The molecule has 0 atom stereocenters. The maximum atomic E-state index is 11.3. The first-order chi connectivity index (χ1) is 18.3. The molecule has 0 fully saturated rings. The molecule has 3 heterocycles. The van der Waals surface area contributed by atoms with Gasteiger partial charge in [-0.2, -0.15) is 8.75 Å². The van der Waals surface area contributed by atoms with Crippen LogP contribution in [0.5, 0.6) is 0 Å². The lowest BCUT2D eigenvalue weighted by Gasteiger charge is -2.08. The highest BCUT2D eigenvalue weighted by Gasteiger charge is 2.17. The van der Waals surface area contributed by atoms with Crippen molar-refractivity contribution < 1.29 is 12.9 Å². The van der Waals surface area contributed by atoms with Crippen LogP contribution in [-0.2, 0) is 10.0 Å². The molecule has 0 unspecified atom stereocenters. The largest absolute Gasteiger partial charge is 0.360 e. The van der Waals surface area contributed by atoms with Gasteiger partial charge in [0.2, 0.25) is 10.0 Å². The van der Waals surface area contributed by atoms with Crippen LogP contribution in [-0.4, -0.2) is 41.4 Å². The van der Waals surface area contributed by atoms with Crippen molar-refractivity contribution >= 4 is 56.0 Å². The zero-order valence-electron chi connectivity index (χ0n) is 20.1. The molecule has 10 nitrogen and oxygen atoms in total. The number of aromatic nitrogens is 3. The zero-order chi connectivity index (χ0) is 26.7. The summed E-state index contributed by atoms with van der Waals surface area (Å²) >= 11 is 7.30. The number of nitrogens with two attached hydrogens (primary N) is 1. The molecule has 4 N–H and O–H groups in total. The van der Waals surface area contributed by atoms with Gasteiger partial charge in [-0.05, 0) is 36.8 Å². The minimum atomic E-state index is -3.70. The summed E-state index contributed by atoms with van der Waals surface area (Å²) < 4.78 is 36.4. The Bertz CT molecular complexity index is 1720. The second kappa shape index (κ2) is 10.9. The Morgan fingerprint density at radius 2 is 1.79 bits per heavy atom. The van der Waals surface area contributed by atoms with Gasteiger partial charge < -0.3 is 15.2 Å². The van der Waals surface area contributed by atoms with Crippen molar-refractivity contribution in [3.63, 3.8) is 0 Å². The summed E-state index contributed by atoms with van der Waals surface area (Å²) in [4.78, 5) is 4.33. The minimum Gasteiger partial charge on any atom is -0.360 e. The number of anilines is 1. The highest BCUT2D eigenvalue weighted by Crippen LogP contribution is 2.34. The molecule has 194 valence electrons. The van der Waals surface area contributed by atoms with E-state index in [1.807, 2.05) is 49.4 Å². The van der Waals surface area contributed by atoms with Crippen LogP contribution in [0, 0.1) is 6.92 Å². The normalized spacial score (nSPS) is 13.0. The van der Waals surface area contributed by atoms with E-state index in [0.717, 1.165) is 58.2 Å². The van der Waals surface area contributed by atoms with Crippen molar-refractivity contribution in [1.29, 1.82) is 0 Å². The quantitative estimate of drug-likeness (QED) is 0.283.